The highest BCUT2D eigenvalue weighted by atomic mass is 15.1. The number of pyridine rings is 1. The summed E-state index contributed by atoms with van der Waals surface area (Å²) >= 11 is 0. The highest BCUT2D eigenvalue weighted by Crippen LogP contribution is 2.18. The maximum atomic E-state index is 5.92. The van der Waals surface area contributed by atoms with Crippen LogP contribution in [-0.2, 0) is 13.0 Å². The second-order valence-corrected chi connectivity index (χ2v) is 4.46. The van der Waals surface area contributed by atoms with E-state index in [0.29, 0.717) is 12.4 Å². The highest BCUT2D eigenvalue weighted by Gasteiger charge is 2.08. The summed E-state index contributed by atoms with van der Waals surface area (Å²) in [4.78, 5) is 12.8. The molecular formula is C14H19N5. The Morgan fingerprint density at radius 3 is 2.63 bits per heavy atom. The Bertz CT molecular complexity index is 539. The molecule has 0 aliphatic carbocycles. The molecule has 0 fully saturated rings. The van der Waals surface area contributed by atoms with Gasteiger partial charge in [0.05, 0.1) is 0 Å². The first-order valence-corrected chi connectivity index (χ1v) is 6.46. The summed E-state index contributed by atoms with van der Waals surface area (Å²) in [5, 5.41) is 3.31. The van der Waals surface area contributed by atoms with Gasteiger partial charge >= 0.3 is 0 Å². The first-order valence-electron chi connectivity index (χ1n) is 6.46. The number of hydrogen-bond donors (Lipinski definition) is 2. The maximum Gasteiger partial charge on any atom is 0.135 e. The minimum Gasteiger partial charge on any atom is -0.383 e. The van der Waals surface area contributed by atoms with Crippen molar-refractivity contribution in [1.82, 2.24) is 15.0 Å². The third-order valence-corrected chi connectivity index (χ3v) is 2.91. The molecule has 0 saturated carbocycles. The zero-order chi connectivity index (χ0) is 13.7. The van der Waals surface area contributed by atoms with E-state index < -0.39 is 0 Å². The molecule has 3 N–H and O–H groups in total. The standard InChI is InChI=1S/C14H19N5/c1-3-4-12-18-13(15)10(2)14(19-12)17-9-11-5-7-16-8-6-11/h5-8H,3-4,9H2,1-2H3,(H3,15,17,18,19). The molecule has 0 atom stereocenters. The summed E-state index contributed by atoms with van der Waals surface area (Å²) in [6.07, 6.45) is 5.40. The maximum absolute atomic E-state index is 5.92. The molecule has 0 saturated heterocycles. The predicted molar refractivity (Wildman–Crippen MR) is 76.7 cm³/mol. The molecule has 0 amide bonds. The number of nitrogens with zero attached hydrogens (tertiary/aromatic N) is 3. The number of nitrogen functional groups attached to an aromatic ring is 1. The molecule has 2 rings (SSSR count). The zero-order valence-electron chi connectivity index (χ0n) is 11.3. The smallest absolute Gasteiger partial charge is 0.135 e. The van der Waals surface area contributed by atoms with E-state index in [1.807, 2.05) is 19.1 Å². The van der Waals surface area contributed by atoms with Gasteiger partial charge < -0.3 is 11.1 Å². The first kappa shape index (κ1) is 13.3. The van der Waals surface area contributed by atoms with Crippen molar-refractivity contribution in [1.29, 1.82) is 0 Å². The van der Waals surface area contributed by atoms with Crippen LogP contribution in [0.3, 0.4) is 0 Å². The molecule has 5 heteroatoms. The van der Waals surface area contributed by atoms with Crippen molar-refractivity contribution in [3.05, 3.63) is 41.5 Å². The number of aryl methyl sites for hydroxylation is 1. The van der Waals surface area contributed by atoms with Gasteiger partial charge in [-0.2, -0.15) is 0 Å². The van der Waals surface area contributed by atoms with E-state index in [9.17, 15) is 0 Å². The van der Waals surface area contributed by atoms with Crippen LogP contribution in [0.1, 0.15) is 30.3 Å². The van der Waals surface area contributed by atoms with Gasteiger partial charge in [0, 0.05) is 30.9 Å². The third kappa shape index (κ3) is 3.40. The summed E-state index contributed by atoms with van der Waals surface area (Å²) in [6.45, 7) is 4.73. The largest absolute Gasteiger partial charge is 0.383 e. The van der Waals surface area contributed by atoms with Gasteiger partial charge in [0.25, 0.3) is 0 Å². The lowest BCUT2D eigenvalue weighted by Gasteiger charge is -2.11. The molecule has 2 aromatic rings. The molecule has 0 spiro atoms. The van der Waals surface area contributed by atoms with E-state index in [2.05, 4.69) is 27.2 Å². The van der Waals surface area contributed by atoms with Gasteiger partial charge in [0.1, 0.15) is 17.5 Å². The van der Waals surface area contributed by atoms with Crippen LogP contribution in [0.15, 0.2) is 24.5 Å². The van der Waals surface area contributed by atoms with Crippen LogP contribution in [0.25, 0.3) is 0 Å². The number of aromatic nitrogens is 3. The molecule has 0 radical (unpaired) electrons. The van der Waals surface area contributed by atoms with Crippen molar-refractivity contribution in [2.75, 3.05) is 11.1 Å². The van der Waals surface area contributed by atoms with E-state index in [-0.39, 0.29) is 0 Å². The second-order valence-electron chi connectivity index (χ2n) is 4.46. The summed E-state index contributed by atoms with van der Waals surface area (Å²) in [5.74, 6) is 2.16. The van der Waals surface area contributed by atoms with Gasteiger partial charge in [-0.1, -0.05) is 6.92 Å². The van der Waals surface area contributed by atoms with Crippen LogP contribution in [0.5, 0.6) is 0 Å². The minimum atomic E-state index is 0.552. The summed E-state index contributed by atoms with van der Waals surface area (Å²) in [7, 11) is 0. The van der Waals surface area contributed by atoms with Crippen molar-refractivity contribution in [2.45, 2.75) is 33.2 Å². The van der Waals surface area contributed by atoms with E-state index >= 15 is 0 Å². The molecule has 2 aromatic heterocycles. The van der Waals surface area contributed by atoms with Crippen LogP contribution in [-0.4, -0.2) is 15.0 Å². The van der Waals surface area contributed by atoms with E-state index in [1.54, 1.807) is 12.4 Å². The number of nitrogens with two attached hydrogens (primary N) is 1. The Kier molecular flexibility index (Phi) is 4.28. The second kappa shape index (κ2) is 6.13. The van der Waals surface area contributed by atoms with Gasteiger partial charge in [0.2, 0.25) is 0 Å². The van der Waals surface area contributed by atoms with Crippen LogP contribution in [0.2, 0.25) is 0 Å². The van der Waals surface area contributed by atoms with Gasteiger partial charge in [-0.15, -0.1) is 0 Å². The van der Waals surface area contributed by atoms with Crippen molar-refractivity contribution in [3.8, 4) is 0 Å². The molecule has 2 heterocycles. The molecule has 0 aromatic carbocycles. The first-order chi connectivity index (χ1) is 9.20. The van der Waals surface area contributed by atoms with Crippen molar-refractivity contribution in [2.24, 2.45) is 0 Å². The normalized spacial score (nSPS) is 10.4. The summed E-state index contributed by atoms with van der Waals surface area (Å²) in [6, 6.07) is 3.94. The molecule has 5 nitrogen and oxygen atoms in total. The summed E-state index contributed by atoms with van der Waals surface area (Å²) in [5.41, 5.74) is 7.97. The SMILES string of the molecule is CCCc1nc(N)c(C)c(NCc2ccncc2)n1. The lowest BCUT2D eigenvalue weighted by Crippen LogP contribution is -2.09. The molecule has 0 unspecified atom stereocenters. The molecule has 19 heavy (non-hydrogen) atoms. The predicted octanol–water partition coefficient (Wildman–Crippen LogP) is 2.33. The monoisotopic (exact) mass is 257 g/mol. The molecule has 0 bridgehead atoms. The van der Waals surface area contributed by atoms with E-state index in [4.69, 9.17) is 5.73 Å². The molecule has 0 aliphatic heterocycles. The zero-order valence-corrected chi connectivity index (χ0v) is 11.3. The van der Waals surface area contributed by atoms with Gasteiger partial charge in [0.15, 0.2) is 0 Å². The highest BCUT2D eigenvalue weighted by molar-refractivity contribution is 5.54. The Morgan fingerprint density at radius 1 is 1.21 bits per heavy atom. The Hall–Kier alpha value is -2.17. The van der Waals surface area contributed by atoms with Crippen LogP contribution in [0, 0.1) is 6.92 Å². The van der Waals surface area contributed by atoms with Crippen molar-refractivity contribution < 1.29 is 0 Å². The number of hydrogen-bond acceptors (Lipinski definition) is 5. The Balaban J connectivity index is 2.15. The van der Waals surface area contributed by atoms with Crippen molar-refractivity contribution >= 4 is 11.6 Å². The minimum absolute atomic E-state index is 0.552. The quantitative estimate of drug-likeness (QED) is 0.859. The lowest BCUT2D eigenvalue weighted by molar-refractivity contribution is 0.833. The molecule has 0 aliphatic rings. The molecular weight excluding hydrogens is 238 g/mol. The van der Waals surface area contributed by atoms with E-state index in [0.717, 1.165) is 35.6 Å². The fraction of sp³-hybridized carbons (Fsp3) is 0.357. The van der Waals surface area contributed by atoms with Crippen LogP contribution >= 0.6 is 0 Å². The Labute approximate surface area is 113 Å². The van der Waals surface area contributed by atoms with Crippen molar-refractivity contribution in [3.63, 3.8) is 0 Å². The lowest BCUT2D eigenvalue weighted by atomic mass is 10.2. The fourth-order valence-corrected chi connectivity index (χ4v) is 1.78. The number of anilines is 2. The van der Waals surface area contributed by atoms with Crippen LogP contribution in [0.4, 0.5) is 11.6 Å². The topological polar surface area (TPSA) is 76.7 Å². The van der Waals surface area contributed by atoms with Crippen LogP contribution < -0.4 is 11.1 Å². The van der Waals surface area contributed by atoms with Gasteiger partial charge in [-0.05, 0) is 31.0 Å². The van der Waals surface area contributed by atoms with Gasteiger partial charge in [-0.25, -0.2) is 9.97 Å². The number of nitrogens with one attached hydrogen (secondary N) is 1. The summed E-state index contributed by atoms with van der Waals surface area (Å²) < 4.78 is 0. The molecule has 100 valence electrons. The Morgan fingerprint density at radius 2 is 1.95 bits per heavy atom. The average Bonchev–Trinajstić information content (AvgIpc) is 2.42. The number of rotatable bonds is 5. The average molecular weight is 257 g/mol. The fourth-order valence-electron chi connectivity index (χ4n) is 1.78. The third-order valence-electron chi connectivity index (χ3n) is 2.91. The van der Waals surface area contributed by atoms with Gasteiger partial charge in [-0.3, -0.25) is 4.98 Å². The van der Waals surface area contributed by atoms with E-state index in [1.165, 1.54) is 0 Å².